The van der Waals surface area contributed by atoms with Crippen molar-refractivity contribution >= 4 is 23.2 Å². The Balaban J connectivity index is 1.79. The summed E-state index contributed by atoms with van der Waals surface area (Å²) in [5.41, 5.74) is 2.68. The zero-order valence-corrected chi connectivity index (χ0v) is 16.9. The predicted octanol–water partition coefficient (Wildman–Crippen LogP) is 6.02. The van der Waals surface area contributed by atoms with Crippen molar-refractivity contribution in [2.75, 3.05) is 11.9 Å². The number of rotatable bonds is 7. The molecule has 0 saturated heterocycles. The number of amides is 1. The monoisotopic (exact) mass is 413 g/mol. The minimum Gasteiger partial charge on any atom is -0.493 e. The summed E-state index contributed by atoms with van der Waals surface area (Å²) < 4.78 is 24.8. The van der Waals surface area contributed by atoms with Crippen LogP contribution in [0.15, 0.2) is 60.7 Å². The molecule has 3 aromatic carbocycles. The maximum absolute atomic E-state index is 13.3. The van der Waals surface area contributed by atoms with Crippen molar-refractivity contribution in [1.29, 1.82) is 0 Å². The van der Waals surface area contributed by atoms with Crippen LogP contribution in [-0.4, -0.2) is 12.5 Å². The van der Waals surface area contributed by atoms with E-state index in [2.05, 4.69) is 5.32 Å². The Morgan fingerprint density at radius 1 is 1.07 bits per heavy atom. The molecule has 0 radical (unpaired) electrons. The van der Waals surface area contributed by atoms with Crippen LogP contribution in [-0.2, 0) is 6.61 Å². The van der Waals surface area contributed by atoms with Gasteiger partial charge in [0.1, 0.15) is 23.9 Å². The van der Waals surface area contributed by atoms with E-state index in [0.717, 1.165) is 16.9 Å². The topological polar surface area (TPSA) is 47.6 Å². The van der Waals surface area contributed by atoms with Crippen LogP contribution in [0.25, 0.3) is 0 Å². The van der Waals surface area contributed by atoms with Crippen molar-refractivity contribution in [2.24, 2.45) is 0 Å². The SMILES string of the molecule is CCOc1ccc(C(=O)Nc2ccc(F)c(Cl)c2)cc1COc1cccc(C)c1. The lowest BCUT2D eigenvalue weighted by atomic mass is 10.1. The van der Waals surface area contributed by atoms with Crippen LogP contribution in [0.2, 0.25) is 5.02 Å². The molecule has 0 aliphatic rings. The van der Waals surface area contributed by atoms with E-state index in [1.807, 2.05) is 38.1 Å². The van der Waals surface area contributed by atoms with E-state index in [0.29, 0.717) is 23.6 Å². The Morgan fingerprint density at radius 3 is 2.62 bits per heavy atom. The van der Waals surface area contributed by atoms with Crippen LogP contribution in [0.5, 0.6) is 11.5 Å². The number of halogens is 2. The molecule has 29 heavy (non-hydrogen) atoms. The first-order valence-electron chi connectivity index (χ1n) is 9.18. The molecule has 0 aliphatic heterocycles. The lowest BCUT2D eigenvalue weighted by Gasteiger charge is -2.14. The molecule has 0 atom stereocenters. The highest BCUT2D eigenvalue weighted by molar-refractivity contribution is 6.31. The summed E-state index contributed by atoms with van der Waals surface area (Å²) >= 11 is 5.78. The molecule has 0 saturated carbocycles. The van der Waals surface area contributed by atoms with Crippen LogP contribution in [0.1, 0.15) is 28.4 Å². The third kappa shape index (κ3) is 5.48. The first kappa shape index (κ1) is 20.7. The van der Waals surface area contributed by atoms with Gasteiger partial charge in [-0.15, -0.1) is 0 Å². The summed E-state index contributed by atoms with van der Waals surface area (Å²) in [7, 11) is 0. The summed E-state index contributed by atoms with van der Waals surface area (Å²) in [5.74, 6) is 0.513. The zero-order chi connectivity index (χ0) is 20.8. The van der Waals surface area contributed by atoms with Gasteiger partial charge in [-0.3, -0.25) is 4.79 Å². The number of nitrogens with one attached hydrogen (secondary N) is 1. The lowest BCUT2D eigenvalue weighted by molar-refractivity contribution is 0.102. The number of benzene rings is 3. The number of ether oxygens (including phenoxy) is 2. The Kier molecular flexibility index (Phi) is 6.73. The molecular formula is C23H21ClFNO3. The Morgan fingerprint density at radius 2 is 1.90 bits per heavy atom. The third-order valence-corrected chi connectivity index (χ3v) is 4.47. The van der Waals surface area contributed by atoms with Gasteiger partial charge in [0.2, 0.25) is 0 Å². The zero-order valence-electron chi connectivity index (χ0n) is 16.2. The summed E-state index contributed by atoms with van der Waals surface area (Å²) in [6, 6.07) is 16.9. The molecular weight excluding hydrogens is 393 g/mol. The minimum absolute atomic E-state index is 0.0539. The van der Waals surface area contributed by atoms with Gasteiger partial charge in [-0.05, 0) is 67.9 Å². The van der Waals surface area contributed by atoms with E-state index in [9.17, 15) is 9.18 Å². The van der Waals surface area contributed by atoms with Gasteiger partial charge in [0.05, 0.1) is 11.6 Å². The molecule has 0 bridgehead atoms. The van der Waals surface area contributed by atoms with Gasteiger partial charge < -0.3 is 14.8 Å². The molecule has 3 aromatic rings. The lowest BCUT2D eigenvalue weighted by Crippen LogP contribution is -2.13. The highest BCUT2D eigenvalue weighted by Crippen LogP contribution is 2.25. The highest BCUT2D eigenvalue weighted by Gasteiger charge is 2.13. The van der Waals surface area contributed by atoms with E-state index in [4.69, 9.17) is 21.1 Å². The van der Waals surface area contributed by atoms with Crippen molar-refractivity contribution in [1.82, 2.24) is 0 Å². The first-order valence-corrected chi connectivity index (χ1v) is 9.55. The van der Waals surface area contributed by atoms with Crippen molar-refractivity contribution < 1.29 is 18.7 Å². The number of carbonyl (C=O) groups excluding carboxylic acids is 1. The van der Waals surface area contributed by atoms with Gasteiger partial charge in [0.15, 0.2) is 0 Å². The van der Waals surface area contributed by atoms with Crippen molar-refractivity contribution in [2.45, 2.75) is 20.5 Å². The second kappa shape index (κ2) is 9.43. The van der Waals surface area contributed by atoms with Crippen molar-refractivity contribution in [3.8, 4) is 11.5 Å². The van der Waals surface area contributed by atoms with Crippen LogP contribution in [0.4, 0.5) is 10.1 Å². The van der Waals surface area contributed by atoms with Crippen molar-refractivity contribution in [3.63, 3.8) is 0 Å². The molecule has 150 valence electrons. The molecule has 1 N–H and O–H groups in total. The number of anilines is 1. The van der Waals surface area contributed by atoms with Gasteiger partial charge in [0.25, 0.3) is 5.91 Å². The van der Waals surface area contributed by atoms with Gasteiger partial charge in [-0.1, -0.05) is 23.7 Å². The molecule has 4 nitrogen and oxygen atoms in total. The molecule has 0 heterocycles. The van der Waals surface area contributed by atoms with Gasteiger partial charge in [0, 0.05) is 16.8 Å². The van der Waals surface area contributed by atoms with Crippen LogP contribution in [0.3, 0.4) is 0 Å². The van der Waals surface area contributed by atoms with Crippen LogP contribution < -0.4 is 14.8 Å². The third-order valence-electron chi connectivity index (χ3n) is 4.18. The maximum atomic E-state index is 13.3. The van der Waals surface area contributed by atoms with Crippen molar-refractivity contribution in [3.05, 3.63) is 88.2 Å². The van der Waals surface area contributed by atoms with Crippen LogP contribution in [0, 0.1) is 12.7 Å². The maximum Gasteiger partial charge on any atom is 0.255 e. The van der Waals surface area contributed by atoms with E-state index in [1.54, 1.807) is 18.2 Å². The number of hydrogen-bond acceptors (Lipinski definition) is 3. The fourth-order valence-corrected chi connectivity index (χ4v) is 2.95. The van der Waals surface area contributed by atoms with Gasteiger partial charge in [-0.25, -0.2) is 4.39 Å². The molecule has 0 aromatic heterocycles. The molecule has 1 amide bonds. The largest absolute Gasteiger partial charge is 0.493 e. The Hall–Kier alpha value is -3.05. The number of carbonyl (C=O) groups is 1. The van der Waals surface area contributed by atoms with Gasteiger partial charge in [-0.2, -0.15) is 0 Å². The fraction of sp³-hybridized carbons (Fsp3) is 0.174. The summed E-state index contributed by atoms with van der Waals surface area (Å²) in [4.78, 5) is 12.6. The van der Waals surface area contributed by atoms with Gasteiger partial charge >= 0.3 is 0 Å². The summed E-state index contributed by atoms with van der Waals surface area (Å²) in [5, 5.41) is 2.66. The average molecular weight is 414 g/mol. The predicted molar refractivity (Wildman–Crippen MR) is 112 cm³/mol. The minimum atomic E-state index is -0.540. The average Bonchev–Trinajstić information content (AvgIpc) is 2.70. The quantitative estimate of drug-likeness (QED) is 0.515. The normalized spacial score (nSPS) is 10.5. The Labute approximate surface area is 174 Å². The van der Waals surface area contributed by atoms with E-state index in [1.165, 1.54) is 18.2 Å². The molecule has 0 unspecified atom stereocenters. The molecule has 6 heteroatoms. The first-order chi connectivity index (χ1) is 14.0. The van der Waals surface area contributed by atoms with E-state index in [-0.39, 0.29) is 17.5 Å². The Bertz CT molecular complexity index is 1020. The number of hydrogen-bond donors (Lipinski definition) is 1. The second-order valence-corrected chi connectivity index (χ2v) is 6.85. The summed E-state index contributed by atoms with van der Waals surface area (Å²) in [6.07, 6.45) is 0. The van der Waals surface area contributed by atoms with E-state index < -0.39 is 5.82 Å². The molecule has 0 fully saturated rings. The standard InChI is InChI=1S/C23H21ClFNO3/c1-3-28-22-10-7-16(23(27)26-18-8-9-21(25)20(24)13-18)12-17(22)14-29-19-6-4-5-15(2)11-19/h4-13H,3,14H2,1-2H3,(H,26,27). The van der Waals surface area contributed by atoms with E-state index >= 15 is 0 Å². The number of aryl methyl sites for hydroxylation is 1. The molecule has 0 spiro atoms. The highest BCUT2D eigenvalue weighted by atomic mass is 35.5. The van der Waals surface area contributed by atoms with Crippen LogP contribution >= 0.6 is 11.6 Å². The second-order valence-electron chi connectivity index (χ2n) is 6.44. The summed E-state index contributed by atoms with van der Waals surface area (Å²) in [6.45, 7) is 4.63. The molecule has 0 aliphatic carbocycles. The smallest absolute Gasteiger partial charge is 0.255 e. The molecule has 3 rings (SSSR count). The fourth-order valence-electron chi connectivity index (χ4n) is 2.77.